The van der Waals surface area contributed by atoms with Crippen molar-refractivity contribution in [1.82, 2.24) is 10.2 Å². The van der Waals surface area contributed by atoms with E-state index < -0.39 is 11.6 Å². The molecule has 1 saturated heterocycles. The van der Waals surface area contributed by atoms with Crippen LogP contribution in [0.1, 0.15) is 32.8 Å². The van der Waals surface area contributed by atoms with Gasteiger partial charge in [-0.2, -0.15) is 0 Å². The van der Waals surface area contributed by atoms with Crippen LogP contribution in [0.2, 0.25) is 0 Å². The van der Waals surface area contributed by atoms with Gasteiger partial charge in [0.15, 0.2) is 0 Å². The van der Waals surface area contributed by atoms with Crippen LogP contribution >= 0.6 is 0 Å². The molecule has 1 fully saturated rings. The van der Waals surface area contributed by atoms with Gasteiger partial charge in [0, 0.05) is 5.69 Å². The summed E-state index contributed by atoms with van der Waals surface area (Å²) >= 11 is 0. The van der Waals surface area contributed by atoms with Crippen molar-refractivity contribution in [2.24, 2.45) is 0 Å². The molecule has 0 radical (unpaired) electrons. The number of anilines is 1. The van der Waals surface area contributed by atoms with Crippen molar-refractivity contribution in [3.63, 3.8) is 0 Å². The lowest BCUT2D eigenvalue weighted by Crippen LogP contribution is -2.44. The Bertz CT molecular complexity index is 614. The molecular formula is C16H21N3O3. The molecule has 6 nitrogen and oxygen atoms in total. The molecule has 0 spiro atoms. The number of rotatable bonds is 5. The molecule has 0 aliphatic carbocycles. The lowest BCUT2D eigenvalue weighted by atomic mass is 9.99. The van der Waals surface area contributed by atoms with Gasteiger partial charge < -0.3 is 10.6 Å². The summed E-state index contributed by atoms with van der Waals surface area (Å²) < 4.78 is 0. The van der Waals surface area contributed by atoms with Crippen molar-refractivity contribution in [1.29, 1.82) is 0 Å². The number of hydrogen-bond donors (Lipinski definition) is 2. The van der Waals surface area contributed by atoms with Gasteiger partial charge in [-0.05, 0) is 31.4 Å². The van der Waals surface area contributed by atoms with Crippen LogP contribution in [0.15, 0.2) is 24.3 Å². The number of nitrogens with one attached hydrogen (secondary N) is 2. The first-order chi connectivity index (χ1) is 10.4. The van der Waals surface area contributed by atoms with Crippen molar-refractivity contribution < 1.29 is 14.4 Å². The minimum atomic E-state index is -0.918. The van der Waals surface area contributed by atoms with E-state index in [-0.39, 0.29) is 18.4 Å². The number of carbonyl (C=O) groups excluding carboxylic acids is 3. The van der Waals surface area contributed by atoms with Gasteiger partial charge >= 0.3 is 6.03 Å². The topological polar surface area (TPSA) is 78.5 Å². The van der Waals surface area contributed by atoms with Crippen molar-refractivity contribution in [2.45, 2.75) is 39.2 Å². The van der Waals surface area contributed by atoms with Crippen LogP contribution in [-0.2, 0) is 16.0 Å². The number of carbonyl (C=O) groups is 3. The molecule has 2 rings (SSSR count). The van der Waals surface area contributed by atoms with E-state index in [1.165, 1.54) is 0 Å². The first-order valence-electron chi connectivity index (χ1n) is 7.43. The van der Waals surface area contributed by atoms with Gasteiger partial charge in [0.25, 0.3) is 5.91 Å². The zero-order chi connectivity index (χ0) is 16.3. The normalized spacial score (nSPS) is 21.0. The molecule has 1 aliphatic rings. The van der Waals surface area contributed by atoms with Crippen molar-refractivity contribution in [3.05, 3.63) is 29.8 Å². The summed E-state index contributed by atoms with van der Waals surface area (Å²) in [7, 11) is 0. The Morgan fingerprint density at radius 1 is 1.27 bits per heavy atom. The number of nitrogens with zero attached hydrogens (tertiary/aromatic N) is 1. The van der Waals surface area contributed by atoms with Crippen molar-refractivity contribution in [3.8, 4) is 0 Å². The second-order valence-corrected chi connectivity index (χ2v) is 5.57. The number of hydrogen-bond acceptors (Lipinski definition) is 3. The highest BCUT2D eigenvalue weighted by Crippen LogP contribution is 2.21. The molecule has 1 aromatic carbocycles. The van der Waals surface area contributed by atoms with Gasteiger partial charge in [-0.25, -0.2) is 4.79 Å². The molecule has 4 amide bonds. The average Bonchev–Trinajstić information content (AvgIpc) is 2.72. The van der Waals surface area contributed by atoms with Crippen LogP contribution in [0.25, 0.3) is 0 Å². The summed E-state index contributed by atoms with van der Waals surface area (Å²) in [5, 5.41) is 5.39. The predicted molar refractivity (Wildman–Crippen MR) is 83.4 cm³/mol. The molecule has 1 unspecified atom stereocenters. The first-order valence-corrected chi connectivity index (χ1v) is 7.43. The monoisotopic (exact) mass is 303 g/mol. The fraction of sp³-hybridized carbons (Fsp3) is 0.438. The van der Waals surface area contributed by atoms with Gasteiger partial charge in [-0.1, -0.05) is 32.0 Å². The lowest BCUT2D eigenvalue weighted by molar-refractivity contribution is -0.133. The molecule has 1 atom stereocenters. The molecule has 1 aromatic rings. The Morgan fingerprint density at radius 2 is 1.95 bits per heavy atom. The third-order valence-electron chi connectivity index (χ3n) is 4.03. The Balaban J connectivity index is 2.07. The molecule has 0 aromatic heterocycles. The molecule has 1 heterocycles. The fourth-order valence-electron chi connectivity index (χ4n) is 2.41. The van der Waals surface area contributed by atoms with Gasteiger partial charge in [0.2, 0.25) is 5.91 Å². The highest BCUT2D eigenvalue weighted by Gasteiger charge is 2.46. The number of para-hydroxylation sites is 1. The molecule has 0 bridgehead atoms. The quantitative estimate of drug-likeness (QED) is 0.816. The molecule has 1 aliphatic heterocycles. The van der Waals surface area contributed by atoms with E-state index in [2.05, 4.69) is 10.6 Å². The zero-order valence-electron chi connectivity index (χ0n) is 13.1. The molecule has 22 heavy (non-hydrogen) atoms. The molecule has 2 N–H and O–H groups in total. The van der Waals surface area contributed by atoms with Crippen LogP contribution < -0.4 is 10.6 Å². The SMILES string of the molecule is CCc1ccccc1NC(=O)CN1C(=O)NC(C)(CC)C1=O. The standard InChI is InChI=1S/C16H21N3O3/c1-4-11-8-6-7-9-12(11)17-13(20)10-19-14(21)16(3,5-2)18-15(19)22/h6-9H,4-5,10H2,1-3H3,(H,17,20)(H,18,22). The minimum Gasteiger partial charge on any atom is -0.324 e. The highest BCUT2D eigenvalue weighted by atomic mass is 16.2. The summed E-state index contributed by atoms with van der Waals surface area (Å²) in [5.74, 6) is -0.747. The fourth-order valence-corrected chi connectivity index (χ4v) is 2.41. The van der Waals surface area contributed by atoms with E-state index in [4.69, 9.17) is 0 Å². The number of amides is 4. The smallest absolute Gasteiger partial charge is 0.324 e. The second-order valence-electron chi connectivity index (χ2n) is 5.57. The van der Waals surface area contributed by atoms with Crippen molar-refractivity contribution >= 4 is 23.5 Å². The summed E-state index contributed by atoms with van der Waals surface area (Å²) in [4.78, 5) is 37.2. The maximum atomic E-state index is 12.2. The van der Waals surface area contributed by atoms with Crippen LogP contribution in [0.3, 0.4) is 0 Å². The maximum Gasteiger partial charge on any atom is 0.325 e. The Kier molecular flexibility index (Phi) is 4.49. The summed E-state index contributed by atoms with van der Waals surface area (Å²) in [6.07, 6.45) is 1.27. The Hall–Kier alpha value is -2.37. The third-order valence-corrected chi connectivity index (χ3v) is 4.03. The van der Waals surface area contributed by atoms with Gasteiger partial charge in [0.05, 0.1) is 0 Å². The average molecular weight is 303 g/mol. The lowest BCUT2D eigenvalue weighted by Gasteiger charge is -2.19. The number of benzene rings is 1. The second kappa shape index (κ2) is 6.17. The van der Waals surface area contributed by atoms with Gasteiger partial charge in [0.1, 0.15) is 12.1 Å². The van der Waals surface area contributed by atoms with Crippen LogP contribution in [0, 0.1) is 0 Å². The van der Waals surface area contributed by atoms with E-state index in [0.717, 1.165) is 16.9 Å². The van der Waals surface area contributed by atoms with Crippen LogP contribution in [-0.4, -0.2) is 34.8 Å². The number of urea groups is 1. The molecule has 0 saturated carbocycles. The van der Waals surface area contributed by atoms with Crippen LogP contribution in [0.4, 0.5) is 10.5 Å². The summed E-state index contributed by atoms with van der Waals surface area (Å²) in [6.45, 7) is 5.20. The van der Waals surface area contributed by atoms with E-state index in [1.54, 1.807) is 13.0 Å². The maximum absolute atomic E-state index is 12.2. The molecule has 118 valence electrons. The number of imide groups is 1. The summed E-state index contributed by atoms with van der Waals surface area (Å²) in [6, 6.07) is 6.94. The van der Waals surface area contributed by atoms with E-state index >= 15 is 0 Å². The molecule has 6 heteroatoms. The van der Waals surface area contributed by atoms with Crippen LogP contribution in [0.5, 0.6) is 0 Å². The van der Waals surface area contributed by atoms with Crippen molar-refractivity contribution in [2.75, 3.05) is 11.9 Å². The minimum absolute atomic E-state index is 0.279. The highest BCUT2D eigenvalue weighted by molar-refractivity contribution is 6.09. The predicted octanol–water partition coefficient (Wildman–Crippen LogP) is 1.91. The Morgan fingerprint density at radius 3 is 2.55 bits per heavy atom. The van der Waals surface area contributed by atoms with E-state index in [9.17, 15) is 14.4 Å². The summed E-state index contributed by atoms with van der Waals surface area (Å²) in [5.41, 5.74) is 0.797. The first kappa shape index (κ1) is 16.0. The molecular weight excluding hydrogens is 282 g/mol. The Labute approximate surface area is 129 Å². The zero-order valence-corrected chi connectivity index (χ0v) is 13.1. The van der Waals surface area contributed by atoms with Gasteiger partial charge in [-0.15, -0.1) is 0 Å². The van der Waals surface area contributed by atoms with Gasteiger partial charge in [-0.3, -0.25) is 14.5 Å². The number of aryl methyl sites for hydroxylation is 1. The largest absolute Gasteiger partial charge is 0.325 e. The van der Waals surface area contributed by atoms with E-state index in [0.29, 0.717) is 12.1 Å². The third kappa shape index (κ3) is 2.95. The van der Waals surface area contributed by atoms with E-state index in [1.807, 2.05) is 32.0 Å².